The van der Waals surface area contributed by atoms with Crippen LogP contribution in [0.5, 0.6) is 0 Å². The van der Waals surface area contributed by atoms with Gasteiger partial charge in [-0.05, 0) is 45.0 Å². The fraction of sp³-hybridized carbons (Fsp3) is 0.200. The number of pyridine rings is 1. The summed E-state index contributed by atoms with van der Waals surface area (Å²) in [6, 6.07) is 13.3. The van der Waals surface area contributed by atoms with Crippen LogP contribution in [0.1, 0.15) is 22.5 Å². The average Bonchev–Trinajstić information content (AvgIpc) is 3.08. The van der Waals surface area contributed by atoms with E-state index >= 15 is 0 Å². The van der Waals surface area contributed by atoms with Crippen molar-refractivity contribution in [2.24, 2.45) is 0 Å². The molecule has 0 amide bonds. The third kappa shape index (κ3) is 3.64. The van der Waals surface area contributed by atoms with Gasteiger partial charge in [-0.15, -0.1) is 10.2 Å². The van der Waals surface area contributed by atoms with Crippen molar-refractivity contribution in [2.45, 2.75) is 31.7 Å². The van der Waals surface area contributed by atoms with Crippen molar-refractivity contribution in [2.75, 3.05) is 0 Å². The minimum Gasteiger partial charge on any atom is -0.411 e. The summed E-state index contributed by atoms with van der Waals surface area (Å²) in [6.45, 7) is 5.96. The normalized spacial score (nSPS) is 11.2. The Bertz CT molecular complexity index is 1180. The number of thioether (sulfide) groups is 1. The van der Waals surface area contributed by atoms with E-state index in [0.717, 1.165) is 22.4 Å². The molecule has 0 aliphatic rings. The Balaban J connectivity index is 1.55. The van der Waals surface area contributed by atoms with Gasteiger partial charge in [-0.3, -0.25) is 9.20 Å². The molecule has 27 heavy (non-hydrogen) atoms. The second-order valence-corrected chi connectivity index (χ2v) is 7.41. The van der Waals surface area contributed by atoms with Crippen molar-refractivity contribution < 1.29 is 4.42 Å². The van der Waals surface area contributed by atoms with Crippen LogP contribution < -0.4 is 5.56 Å². The molecule has 0 unspecified atom stereocenters. The highest BCUT2D eigenvalue weighted by molar-refractivity contribution is 7.98. The fourth-order valence-corrected chi connectivity index (χ4v) is 3.71. The number of hydrogen-bond donors (Lipinski definition) is 0. The summed E-state index contributed by atoms with van der Waals surface area (Å²) in [7, 11) is 0. The first kappa shape index (κ1) is 17.5. The van der Waals surface area contributed by atoms with Crippen LogP contribution in [0.3, 0.4) is 0 Å². The lowest BCUT2D eigenvalue weighted by Gasteiger charge is -2.05. The summed E-state index contributed by atoms with van der Waals surface area (Å²) in [5.74, 6) is 0.972. The van der Waals surface area contributed by atoms with Crippen molar-refractivity contribution in [3.63, 3.8) is 0 Å². The van der Waals surface area contributed by atoms with Crippen molar-refractivity contribution in [1.82, 2.24) is 19.6 Å². The Labute approximate surface area is 160 Å². The zero-order valence-electron chi connectivity index (χ0n) is 15.3. The van der Waals surface area contributed by atoms with Gasteiger partial charge in [-0.25, -0.2) is 4.98 Å². The van der Waals surface area contributed by atoms with Crippen LogP contribution in [0.2, 0.25) is 0 Å². The number of hydrogen-bond acceptors (Lipinski definition) is 6. The third-order valence-electron chi connectivity index (χ3n) is 4.15. The monoisotopic (exact) mass is 378 g/mol. The van der Waals surface area contributed by atoms with E-state index in [1.807, 2.05) is 51.1 Å². The lowest BCUT2D eigenvalue weighted by molar-refractivity contribution is 0.465. The molecular formula is C20H18N4O2S. The van der Waals surface area contributed by atoms with Gasteiger partial charge >= 0.3 is 0 Å². The van der Waals surface area contributed by atoms with Crippen molar-refractivity contribution in [1.29, 1.82) is 0 Å². The maximum Gasteiger partial charge on any atom is 0.277 e. The van der Waals surface area contributed by atoms with Gasteiger partial charge in [0.2, 0.25) is 5.89 Å². The summed E-state index contributed by atoms with van der Waals surface area (Å²) < 4.78 is 7.36. The molecule has 0 atom stereocenters. The Morgan fingerprint density at radius 2 is 1.81 bits per heavy atom. The summed E-state index contributed by atoms with van der Waals surface area (Å²) >= 11 is 1.37. The van der Waals surface area contributed by atoms with E-state index in [2.05, 4.69) is 21.2 Å². The summed E-state index contributed by atoms with van der Waals surface area (Å²) in [4.78, 5) is 16.9. The SMILES string of the molecule is Cc1cc(C)cc(-c2nnc(SCc3cc(=O)n4c(C)cccc4n3)o2)c1. The Kier molecular flexibility index (Phi) is 4.53. The molecule has 3 aromatic heterocycles. The van der Waals surface area contributed by atoms with Crippen LogP contribution in [0.4, 0.5) is 0 Å². The molecule has 0 fully saturated rings. The first-order valence-corrected chi connectivity index (χ1v) is 9.51. The van der Waals surface area contributed by atoms with E-state index < -0.39 is 0 Å². The average molecular weight is 378 g/mol. The van der Waals surface area contributed by atoms with Gasteiger partial charge in [-0.1, -0.05) is 35.0 Å². The molecule has 6 nitrogen and oxygen atoms in total. The standard InChI is InChI=1S/C20H18N4O2S/c1-12-7-13(2)9-15(8-12)19-22-23-20(26-19)27-11-16-10-18(25)24-14(3)5-4-6-17(24)21-16/h4-10H,11H2,1-3H3. The quantitative estimate of drug-likeness (QED) is 0.501. The zero-order valence-corrected chi connectivity index (χ0v) is 16.1. The van der Waals surface area contributed by atoms with E-state index in [4.69, 9.17) is 4.42 Å². The third-order valence-corrected chi connectivity index (χ3v) is 5.00. The molecule has 0 saturated heterocycles. The van der Waals surface area contributed by atoms with E-state index in [-0.39, 0.29) is 5.56 Å². The number of aromatic nitrogens is 4. The van der Waals surface area contributed by atoms with Crippen molar-refractivity contribution in [3.8, 4) is 11.5 Å². The number of benzene rings is 1. The highest BCUT2D eigenvalue weighted by Gasteiger charge is 2.11. The van der Waals surface area contributed by atoms with Crippen LogP contribution in [-0.2, 0) is 5.75 Å². The molecule has 0 radical (unpaired) electrons. The van der Waals surface area contributed by atoms with Gasteiger partial charge < -0.3 is 4.42 Å². The van der Waals surface area contributed by atoms with E-state index in [1.54, 1.807) is 10.5 Å². The molecule has 136 valence electrons. The lowest BCUT2D eigenvalue weighted by atomic mass is 10.1. The van der Waals surface area contributed by atoms with Crippen molar-refractivity contribution >= 4 is 17.4 Å². The second-order valence-electron chi connectivity index (χ2n) is 6.48. The highest BCUT2D eigenvalue weighted by atomic mass is 32.2. The van der Waals surface area contributed by atoms with Crippen LogP contribution in [0.15, 0.2) is 56.9 Å². The molecule has 4 rings (SSSR count). The smallest absolute Gasteiger partial charge is 0.277 e. The summed E-state index contributed by atoms with van der Waals surface area (Å²) in [5.41, 5.74) is 5.29. The largest absolute Gasteiger partial charge is 0.411 e. The van der Waals surface area contributed by atoms with E-state index in [0.29, 0.717) is 28.2 Å². The number of nitrogens with zero attached hydrogens (tertiary/aromatic N) is 4. The lowest BCUT2D eigenvalue weighted by Crippen LogP contribution is -2.17. The number of fused-ring (bicyclic) bond motifs is 1. The second kappa shape index (κ2) is 7.00. The van der Waals surface area contributed by atoms with E-state index in [9.17, 15) is 4.79 Å². The van der Waals surface area contributed by atoms with Crippen LogP contribution >= 0.6 is 11.8 Å². The number of aryl methyl sites for hydroxylation is 3. The summed E-state index contributed by atoms with van der Waals surface area (Å²) in [6.07, 6.45) is 0. The molecule has 1 aromatic carbocycles. The minimum atomic E-state index is -0.0878. The Morgan fingerprint density at radius 3 is 2.59 bits per heavy atom. The molecular weight excluding hydrogens is 360 g/mol. The molecule has 0 aliphatic carbocycles. The van der Waals surface area contributed by atoms with E-state index in [1.165, 1.54) is 11.8 Å². The van der Waals surface area contributed by atoms with Gasteiger partial charge in [0.25, 0.3) is 10.8 Å². The maximum atomic E-state index is 12.3. The summed E-state index contributed by atoms with van der Waals surface area (Å²) in [5, 5.41) is 8.69. The predicted molar refractivity (Wildman–Crippen MR) is 105 cm³/mol. The maximum absolute atomic E-state index is 12.3. The van der Waals surface area contributed by atoms with Gasteiger partial charge in [0.15, 0.2) is 0 Å². The highest BCUT2D eigenvalue weighted by Crippen LogP contribution is 2.26. The van der Waals surface area contributed by atoms with Crippen LogP contribution in [0, 0.1) is 20.8 Å². The molecule has 0 saturated carbocycles. The Morgan fingerprint density at radius 1 is 1.04 bits per heavy atom. The molecule has 0 N–H and O–H groups in total. The predicted octanol–water partition coefficient (Wildman–Crippen LogP) is 3.96. The molecule has 0 aliphatic heterocycles. The van der Waals surface area contributed by atoms with Crippen LogP contribution in [-0.4, -0.2) is 19.6 Å². The van der Waals surface area contributed by atoms with Gasteiger partial charge in [-0.2, -0.15) is 0 Å². The van der Waals surface area contributed by atoms with Gasteiger partial charge in [0, 0.05) is 23.1 Å². The van der Waals surface area contributed by atoms with Crippen molar-refractivity contribution in [3.05, 3.63) is 75.3 Å². The minimum absolute atomic E-state index is 0.0878. The Hall–Kier alpha value is -2.93. The molecule has 0 bridgehead atoms. The first-order chi connectivity index (χ1) is 13.0. The molecule has 3 heterocycles. The fourth-order valence-electron chi connectivity index (χ4n) is 3.06. The van der Waals surface area contributed by atoms with Crippen LogP contribution in [0.25, 0.3) is 17.1 Å². The molecule has 4 aromatic rings. The topological polar surface area (TPSA) is 73.3 Å². The van der Waals surface area contributed by atoms with Gasteiger partial charge in [0.05, 0.1) is 5.69 Å². The molecule has 0 spiro atoms. The number of rotatable bonds is 4. The first-order valence-electron chi connectivity index (χ1n) is 8.53. The molecule has 7 heteroatoms. The zero-order chi connectivity index (χ0) is 19.0. The van der Waals surface area contributed by atoms with Gasteiger partial charge in [0.1, 0.15) is 5.65 Å².